The lowest BCUT2D eigenvalue weighted by Crippen LogP contribution is -2.41. The van der Waals surface area contributed by atoms with Crippen molar-refractivity contribution in [2.45, 2.75) is 26.8 Å². The standard InChI is InChI=1S/C20H30N4O3/c1-4-21-20(24-13-15(2)17(14-24)19(26)27-3)22-11-10-18(25)23-12-16-8-6-5-7-9-16/h5-9,15,17H,4,10-14H2,1-3H3,(H,21,22)(H,23,25). The summed E-state index contributed by atoms with van der Waals surface area (Å²) in [4.78, 5) is 30.5. The number of benzene rings is 1. The Morgan fingerprint density at radius 1 is 1.22 bits per heavy atom. The van der Waals surface area contributed by atoms with Gasteiger partial charge in [0.1, 0.15) is 0 Å². The third-order valence-corrected chi connectivity index (χ3v) is 4.68. The minimum absolute atomic E-state index is 0.0271. The molecule has 1 heterocycles. The summed E-state index contributed by atoms with van der Waals surface area (Å²) in [7, 11) is 1.42. The molecule has 2 N–H and O–H groups in total. The van der Waals surface area contributed by atoms with Gasteiger partial charge >= 0.3 is 5.97 Å². The van der Waals surface area contributed by atoms with Gasteiger partial charge in [-0.3, -0.25) is 14.6 Å². The average molecular weight is 374 g/mol. The molecule has 2 atom stereocenters. The Bertz CT molecular complexity index is 648. The summed E-state index contributed by atoms with van der Waals surface area (Å²) in [6.45, 7) is 7.02. The van der Waals surface area contributed by atoms with Crippen LogP contribution in [0.4, 0.5) is 0 Å². The zero-order valence-corrected chi connectivity index (χ0v) is 16.4. The Morgan fingerprint density at radius 2 is 1.96 bits per heavy atom. The Morgan fingerprint density at radius 3 is 2.63 bits per heavy atom. The lowest BCUT2D eigenvalue weighted by atomic mass is 9.99. The maximum absolute atomic E-state index is 12.0. The number of hydrogen-bond acceptors (Lipinski definition) is 4. The number of nitrogens with one attached hydrogen (secondary N) is 2. The molecule has 1 amide bonds. The first-order chi connectivity index (χ1) is 13.0. The number of carbonyl (C=O) groups excluding carboxylic acids is 2. The predicted octanol–water partition coefficient (Wildman–Crippen LogP) is 1.40. The first-order valence-electron chi connectivity index (χ1n) is 9.46. The Balaban J connectivity index is 1.84. The average Bonchev–Trinajstić information content (AvgIpc) is 3.07. The summed E-state index contributed by atoms with van der Waals surface area (Å²) >= 11 is 0. The topological polar surface area (TPSA) is 83.0 Å². The van der Waals surface area contributed by atoms with Crippen molar-refractivity contribution in [3.63, 3.8) is 0 Å². The molecule has 27 heavy (non-hydrogen) atoms. The van der Waals surface area contributed by atoms with Gasteiger partial charge in [0, 0.05) is 32.6 Å². The van der Waals surface area contributed by atoms with E-state index in [4.69, 9.17) is 4.74 Å². The molecule has 0 bridgehead atoms. The number of carbonyl (C=O) groups is 2. The second-order valence-corrected chi connectivity index (χ2v) is 6.76. The van der Waals surface area contributed by atoms with Crippen LogP contribution in [0.3, 0.4) is 0 Å². The van der Waals surface area contributed by atoms with Crippen molar-refractivity contribution in [3.05, 3.63) is 35.9 Å². The van der Waals surface area contributed by atoms with E-state index in [1.54, 1.807) is 0 Å². The number of methoxy groups -OCH3 is 1. The Kier molecular flexibility index (Phi) is 8.10. The van der Waals surface area contributed by atoms with Crippen LogP contribution in [-0.2, 0) is 20.9 Å². The lowest BCUT2D eigenvalue weighted by Gasteiger charge is -2.21. The van der Waals surface area contributed by atoms with Crippen LogP contribution in [0.1, 0.15) is 25.8 Å². The summed E-state index contributed by atoms with van der Waals surface area (Å²) in [5.74, 6) is 0.594. The van der Waals surface area contributed by atoms with E-state index in [1.807, 2.05) is 44.2 Å². The van der Waals surface area contributed by atoms with Gasteiger partial charge in [0.2, 0.25) is 5.91 Å². The molecule has 7 nitrogen and oxygen atoms in total. The third-order valence-electron chi connectivity index (χ3n) is 4.68. The molecule has 1 fully saturated rings. The molecule has 148 valence electrons. The Labute approximate surface area is 161 Å². The molecular weight excluding hydrogens is 344 g/mol. The van der Waals surface area contributed by atoms with Crippen molar-refractivity contribution in [2.24, 2.45) is 16.8 Å². The van der Waals surface area contributed by atoms with Crippen molar-refractivity contribution in [1.82, 2.24) is 15.5 Å². The quantitative estimate of drug-likeness (QED) is 0.428. The summed E-state index contributed by atoms with van der Waals surface area (Å²) < 4.78 is 4.89. The fourth-order valence-electron chi connectivity index (χ4n) is 3.17. The molecule has 1 aromatic rings. The SMILES string of the molecule is CCNC(=NCCC(=O)NCc1ccccc1)N1CC(C)C(C(=O)OC)C1. The van der Waals surface area contributed by atoms with Gasteiger partial charge in [-0.1, -0.05) is 37.3 Å². The summed E-state index contributed by atoms with van der Waals surface area (Å²) in [6.07, 6.45) is 0.325. The molecule has 1 aromatic carbocycles. The van der Waals surface area contributed by atoms with Crippen molar-refractivity contribution >= 4 is 17.8 Å². The number of amides is 1. The van der Waals surface area contributed by atoms with Gasteiger partial charge in [0.15, 0.2) is 5.96 Å². The van der Waals surface area contributed by atoms with E-state index in [2.05, 4.69) is 20.5 Å². The van der Waals surface area contributed by atoms with Crippen LogP contribution in [-0.4, -0.2) is 56.0 Å². The van der Waals surface area contributed by atoms with E-state index in [0.717, 1.165) is 24.6 Å². The maximum atomic E-state index is 12.0. The van der Waals surface area contributed by atoms with Crippen molar-refractivity contribution in [3.8, 4) is 0 Å². The number of likely N-dealkylation sites (tertiary alicyclic amines) is 1. The Hall–Kier alpha value is -2.57. The molecule has 0 saturated carbocycles. The molecule has 0 radical (unpaired) electrons. The van der Waals surface area contributed by atoms with Crippen LogP contribution in [0.5, 0.6) is 0 Å². The summed E-state index contributed by atoms with van der Waals surface area (Å²) in [6, 6.07) is 9.81. The molecule has 2 unspecified atom stereocenters. The van der Waals surface area contributed by atoms with Crippen molar-refractivity contribution in [1.29, 1.82) is 0 Å². The number of hydrogen-bond donors (Lipinski definition) is 2. The molecular formula is C20H30N4O3. The molecule has 0 aliphatic carbocycles. The highest BCUT2D eigenvalue weighted by atomic mass is 16.5. The van der Waals surface area contributed by atoms with Gasteiger partial charge in [-0.2, -0.15) is 0 Å². The van der Waals surface area contributed by atoms with E-state index in [-0.39, 0.29) is 23.7 Å². The minimum atomic E-state index is -0.180. The van der Waals surface area contributed by atoms with Gasteiger partial charge in [0.05, 0.1) is 19.6 Å². The van der Waals surface area contributed by atoms with E-state index < -0.39 is 0 Å². The third kappa shape index (κ3) is 6.27. The van der Waals surface area contributed by atoms with Gasteiger partial charge in [0.25, 0.3) is 0 Å². The van der Waals surface area contributed by atoms with Crippen LogP contribution in [0.15, 0.2) is 35.3 Å². The minimum Gasteiger partial charge on any atom is -0.469 e. The van der Waals surface area contributed by atoms with Crippen LogP contribution in [0.2, 0.25) is 0 Å². The van der Waals surface area contributed by atoms with Gasteiger partial charge in [-0.05, 0) is 18.4 Å². The predicted molar refractivity (Wildman–Crippen MR) is 105 cm³/mol. The highest BCUT2D eigenvalue weighted by Gasteiger charge is 2.36. The molecule has 1 aliphatic heterocycles. The summed E-state index contributed by atoms with van der Waals surface area (Å²) in [5.41, 5.74) is 1.07. The molecule has 7 heteroatoms. The zero-order chi connectivity index (χ0) is 19.6. The first-order valence-corrected chi connectivity index (χ1v) is 9.46. The van der Waals surface area contributed by atoms with Crippen molar-refractivity contribution < 1.29 is 14.3 Å². The van der Waals surface area contributed by atoms with E-state index in [0.29, 0.717) is 26.1 Å². The number of esters is 1. The molecule has 1 saturated heterocycles. The second-order valence-electron chi connectivity index (χ2n) is 6.76. The maximum Gasteiger partial charge on any atom is 0.310 e. The van der Waals surface area contributed by atoms with E-state index in [9.17, 15) is 9.59 Å². The number of ether oxygens (including phenoxy) is 1. The number of rotatable bonds is 7. The molecule has 1 aliphatic rings. The highest BCUT2D eigenvalue weighted by Crippen LogP contribution is 2.24. The van der Waals surface area contributed by atoms with Gasteiger partial charge in [-0.15, -0.1) is 0 Å². The monoisotopic (exact) mass is 374 g/mol. The highest BCUT2D eigenvalue weighted by molar-refractivity contribution is 5.83. The van der Waals surface area contributed by atoms with E-state index in [1.165, 1.54) is 7.11 Å². The fourth-order valence-corrected chi connectivity index (χ4v) is 3.17. The normalized spacial score (nSPS) is 19.7. The van der Waals surface area contributed by atoms with Crippen LogP contribution < -0.4 is 10.6 Å². The number of nitrogens with zero attached hydrogens (tertiary/aromatic N) is 2. The smallest absolute Gasteiger partial charge is 0.310 e. The molecule has 0 aromatic heterocycles. The second kappa shape index (κ2) is 10.5. The lowest BCUT2D eigenvalue weighted by molar-refractivity contribution is -0.146. The van der Waals surface area contributed by atoms with Crippen molar-refractivity contribution in [2.75, 3.05) is 33.3 Å². The molecule has 2 rings (SSSR count). The first kappa shape index (κ1) is 20.7. The van der Waals surface area contributed by atoms with Crippen LogP contribution in [0, 0.1) is 11.8 Å². The van der Waals surface area contributed by atoms with Crippen LogP contribution >= 0.6 is 0 Å². The van der Waals surface area contributed by atoms with Gasteiger partial charge < -0.3 is 20.3 Å². The van der Waals surface area contributed by atoms with E-state index >= 15 is 0 Å². The van der Waals surface area contributed by atoms with Crippen LogP contribution in [0.25, 0.3) is 0 Å². The molecule has 0 spiro atoms. The zero-order valence-electron chi connectivity index (χ0n) is 16.4. The largest absolute Gasteiger partial charge is 0.469 e. The fraction of sp³-hybridized carbons (Fsp3) is 0.550. The van der Waals surface area contributed by atoms with Gasteiger partial charge in [-0.25, -0.2) is 0 Å². The summed E-state index contributed by atoms with van der Waals surface area (Å²) in [5, 5.41) is 6.15. The number of aliphatic imine (C=N–C) groups is 1. The number of guanidine groups is 1.